The van der Waals surface area contributed by atoms with Crippen molar-refractivity contribution in [2.24, 2.45) is 0 Å². The number of aromatic nitrogens is 4. The van der Waals surface area contributed by atoms with E-state index in [9.17, 15) is 18.0 Å². The number of halogens is 3. The summed E-state index contributed by atoms with van der Waals surface area (Å²) in [6.07, 6.45) is -2.45. The summed E-state index contributed by atoms with van der Waals surface area (Å²) in [5.74, 6) is -2.00. The van der Waals surface area contributed by atoms with Gasteiger partial charge in [0, 0.05) is 25.2 Å². The van der Waals surface area contributed by atoms with E-state index in [-0.39, 0.29) is 18.3 Å². The molecule has 26 heavy (non-hydrogen) atoms. The molecule has 1 amide bonds. The zero-order chi connectivity index (χ0) is 18.5. The molecule has 4 rings (SSSR count). The van der Waals surface area contributed by atoms with Crippen molar-refractivity contribution in [2.45, 2.75) is 25.4 Å². The number of alkyl halides is 3. The van der Waals surface area contributed by atoms with Crippen LogP contribution in [0, 0.1) is 6.92 Å². The zero-order valence-electron chi connectivity index (χ0n) is 13.7. The molecule has 4 heterocycles. The second kappa shape index (κ2) is 5.82. The lowest BCUT2D eigenvalue weighted by molar-refractivity contribution is -0.159. The standard InChI is InChI=1S/C16H14F3N5O2/c1-9-12(24-6-3-2-4-11(24)20-9)14(25)23-7-5-10(8-23)13-21-15(26-22-13)16(17,18)19/h2-4,6,10H,5,7-8H2,1H3/t10-/m1/s1. The van der Waals surface area contributed by atoms with E-state index >= 15 is 0 Å². The van der Waals surface area contributed by atoms with E-state index in [1.54, 1.807) is 34.6 Å². The normalized spacial score (nSPS) is 18.0. The maximum absolute atomic E-state index is 12.9. The monoisotopic (exact) mass is 365 g/mol. The third-order valence-electron chi connectivity index (χ3n) is 4.43. The van der Waals surface area contributed by atoms with Gasteiger partial charge in [-0.15, -0.1) is 0 Å². The largest absolute Gasteiger partial charge is 0.471 e. The van der Waals surface area contributed by atoms with E-state index in [0.717, 1.165) is 0 Å². The number of likely N-dealkylation sites (tertiary alicyclic amines) is 1. The summed E-state index contributed by atoms with van der Waals surface area (Å²) < 4.78 is 43.8. The number of hydrogen-bond acceptors (Lipinski definition) is 5. The van der Waals surface area contributed by atoms with Crippen LogP contribution in [0.15, 0.2) is 28.9 Å². The van der Waals surface area contributed by atoms with Gasteiger partial charge in [-0.25, -0.2) is 4.98 Å². The van der Waals surface area contributed by atoms with Crippen LogP contribution in [0.1, 0.15) is 40.2 Å². The number of carbonyl (C=O) groups is 1. The number of nitrogens with zero attached hydrogens (tertiary/aromatic N) is 5. The Labute approximate surface area is 145 Å². The quantitative estimate of drug-likeness (QED) is 0.698. The first-order chi connectivity index (χ1) is 12.3. The first-order valence-corrected chi connectivity index (χ1v) is 7.98. The Morgan fingerprint density at radius 2 is 2.12 bits per heavy atom. The van der Waals surface area contributed by atoms with Crippen LogP contribution in [-0.4, -0.2) is 43.4 Å². The van der Waals surface area contributed by atoms with Gasteiger partial charge < -0.3 is 9.42 Å². The van der Waals surface area contributed by atoms with E-state index in [0.29, 0.717) is 30.0 Å². The lowest BCUT2D eigenvalue weighted by Crippen LogP contribution is -2.30. The molecular formula is C16H14F3N5O2. The molecule has 10 heteroatoms. The fourth-order valence-corrected chi connectivity index (χ4v) is 3.19. The maximum Gasteiger partial charge on any atom is 0.471 e. The lowest BCUT2D eigenvalue weighted by Gasteiger charge is -2.16. The Morgan fingerprint density at radius 3 is 2.85 bits per heavy atom. The van der Waals surface area contributed by atoms with Crippen LogP contribution in [0.4, 0.5) is 13.2 Å². The van der Waals surface area contributed by atoms with E-state index in [1.165, 1.54) is 0 Å². The van der Waals surface area contributed by atoms with Crippen molar-refractivity contribution in [3.63, 3.8) is 0 Å². The predicted octanol–water partition coefficient (Wildman–Crippen LogP) is 2.67. The Morgan fingerprint density at radius 1 is 1.31 bits per heavy atom. The van der Waals surface area contributed by atoms with Crippen molar-refractivity contribution in [1.29, 1.82) is 0 Å². The van der Waals surface area contributed by atoms with Crippen molar-refractivity contribution < 1.29 is 22.5 Å². The number of fused-ring (bicyclic) bond motifs is 1. The van der Waals surface area contributed by atoms with Crippen molar-refractivity contribution >= 4 is 11.6 Å². The summed E-state index contributed by atoms with van der Waals surface area (Å²) in [6, 6.07) is 5.43. The van der Waals surface area contributed by atoms with Gasteiger partial charge in [-0.2, -0.15) is 18.2 Å². The molecule has 1 atom stereocenters. The molecule has 1 aliphatic rings. The van der Waals surface area contributed by atoms with Gasteiger partial charge in [-0.1, -0.05) is 11.2 Å². The molecule has 3 aromatic heterocycles. The minimum absolute atomic E-state index is 0.0255. The van der Waals surface area contributed by atoms with E-state index in [1.807, 2.05) is 6.07 Å². The first-order valence-electron chi connectivity index (χ1n) is 7.98. The summed E-state index contributed by atoms with van der Waals surface area (Å²) in [7, 11) is 0. The van der Waals surface area contributed by atoms with Crippen LogP contribution in [0.25, 0.3) is 5.65 Å². The average molecular weight is 365 g/mol. The second-order valence-corrected chi connectivity index (χ2v) is 6.17. The second-order valence-electron chi connectivity index (χ2n) is 6.17. The molecule has 1 fully saturated rings. The van der Waals surface area contributed by atoms with Gasteiger partial charge in [0.2, 0.25) is 0 Å². The van der Waals surface area contributed by atoms with E-state index in [4.69, 9.17) is 0 Å². The SMILES string of the molecule is Cc1nc2ccccn2c1C(=O)N1CC[C@@H](c2noc(C(F)(F)F)n2)C1. The molecule has 1 aliphatic heterocycles. The molecular weight excluding hydrogens is 351 g/mol. The molecule has 0 bridgehead atoms. The minimum atomic E-state index is -4.67. The van der Waals surface area contributed by atoms with Gasteiger partial charge >= 0.3 is 12.1 Å². The molecule has 0 radical (unpaired) electrons. The van der Waals surface area contributed by atoms with Crippen LogP contribution in [-0.2, 0) is 6.18 Å². The number of imidazole rings is 1. The number of pyridine rings is 1. The van der Waals surface area contributed by atoms with Crippen LogP contribution in [0.5, 0.6) is 0 Å². The first kappa shape index (κ1) is 16.6. The summed E-state index contributed by atoms with van der Waals surface area (Å²) >= 11 is 0. The average Bonchev–Trinajstić information content (AvgIpc) is 3.30. The highest BCUT2D eigenvalue weighted by Gasteiger charge is 2.40. The number of carbonyl (C=O) groups excluding carboxylic acids is 1. The van der Waals surface area contributed by atoms with Crippen LogP contribution in [0.2, 0.25) is 0 Å². The fourth-order valence-electron chi connectivity index (χ4n) is 3.19. The molecule has 0 spiro atoms. The van der Waals surface area contributed by atoms with Crippen LogP contribution in [0.3, 0.4) is 0 Å². The van der Waals surface area contributed by atoms with Gasteiger partial charge in [0.25, 0.3) is 5.91 Å². The molecule has 0 saturated carbocycles. The number of aryl methyl sites for hydroxylation is 1. The highest BCUT2D eigenvalue weighted by Crippen LogP contribution is 2.31. The number of hydrogen-bond donors (Lipinski definition) is 0. The molecule has 7 nitrogen and oxygen atoms in total. The summed E-state index contributed by atoms with van der Waals surface area (Å²) in [5, 5.41) is 3.43. The minimum Gasteiger partial charge on any atom is -0.337 e. The Hall–Kier alpha value is -2.91. The van der Waals surface area contributed by atoms with Gasteiger partial charge in [-0.05, 0) is 25.5 Å². The van der Waals surface area contributed by atoms with Crippen molar-refractivity contribution in [3.8, 4) is 0 Å². The van der Waals surface area contributed by atoms with Crippen molar-refractivity contribution in [3.05, 3.63) is 47.5 Å². The molecule has 0 unspecified atom stereocenters. The van der Waals surface area contributed by atoms with Gasteiger partial charge in [0.1, 0.15) is 11.3 Å². The highest BCUT2D eigenvalue weighted by molar-refractivity contribution is 5.95. The summed E-state index contributed by atoms with van der Waals surface area (Å²) in [6.45, 7) is 2.39. The van der Waals surface area contributed by atoms with Crippen molar-refractivity contribution in [1.82, 2.24) is 24.4 Å². The Bertz CT molecular complexity index is 978. The smallest absolute Gasteiger partial charge is 0.337 e. The molecule has 0 N–H and O–H groups in total. The molecule has 136 valence electrons. The highest BCUT2D eigenvalue weighted by atomic mass is 19.4. The van der Waals surface area contributed by atoms with Gasteiger partial charge in [0.05, 0.1) is 5.69 Å². The van der Waals surface area contributed by atoms with E-state index < -0.39 is 18.0 Å². The summed E-state index contributed by atoms with van der Waals surface area (Å²) in [5.41, 5.74) is 1.71. The number of rotatable bonds is 2. The molecule has 3 aromatic rings. The summed E-state index contributed by atoms with van der Waals surface area (Å²) in [4.78, 5) is 22.3. The Balaban J connectivity index is 1.56. The molecule has 0 aromatic carbocycles. The third-order valence-corrected chi connectivity index (χ3v) is 4.43. The Kier molecular flexibility index (Phi) is 3.70. The third kappa shape index (κ3) is 2.71. The number of amides is 1. The molecule has 1 saturated heterocycles. The van der Waals surface area contributed by atoms with Crippen molar-refractivity contribution in [2.75, 3.05) is 13.1 Å². The topological polar surface area (TPSA) is 76.5 Å². The fraction of sp³-hybridized carbons (Fsp3) is 0.375. The zero-order valence-corrected chi connectivity index (χ0v) is 13.7. The van der Waals surface area contributed by atoms with E-state index in [2.05, 4.69) is 19.6 Å². The van der Waals surface area contributed by atoms with Crippen LogP contribution < -0.4 is 0 Å². The predicted molar refractivity (Wildman–Crippen MR) is 82.5 cm³/mol. The van der Waals surface area contributed by atoms with Gasteiger partial charge in [0.15, 0.2) is 5.82 Å². The lowest BCUT2D eigenvalue weighted by atomic mass is 10.1. The maximum atomic E-state index is 12.9. The molecule has 0 aliphatic carbocycles. The van der Waals surface area contributed by atoms with Crippen LogP contribution >= 0.6 is 0 Å². The van der Waals surface area contributed by atoms with Gasteiger partial charge in [-0.3, -0.25) is 9.20 Å².